The third kappa shape index (κ3) is 2.30. The standard InChI is InChI=1S/C12H10ClN7/c13-7-1-2-9-8(3-7)12-10(4-16-9)18-11(19-12)5-15-6-17-20-14/h1-4,6H,5H2,(H,18,19)(H2,14,15,17). The predicted octanol–water partition coefficient (Wildman–Crippen LogP) is 2.83. The topological polar surface area (TPSA) is 102 Å². The lowest BCUT2D eigenvalue weighted by atomic mass is 10.2. The Labute approximate surface area is 118 Å². The van der Waals surface area contributed by atoms with Gasteiger partial charge in [0.25, 0.3) is 0 Å². The number of aromatic amines is 1. The molecule has 0 saturated carbocycles. The lowest BCUT2D eigenvalue weighted by molar-refractivity contribution is 0.854. The maximum Gasteiger partial charge on any atom is 0.126 e. The number of hydrogen-bond acceptors (Lipinski definition) is 4. The number of imidazole rings is 1. The summed E-state index contributed by atoms with van der Waals surface area (Å²) in [6.45, 7) is 0.454. The number of nitrogens with zero attached hydrogens (tertiary/aromatic N) is 4. The first-order valence-electron chi connectivity index (χ1n) is 5.82. The molecule has 0 fully saturated rings. The van der Waals surface area contributed by atoms with Gasteiger partial charge < -0.3 is 10.3 Å². The summed E-state index contributed by atoms with van der Waals surface area (Å²) in [5, 5.41) is 10.7. The highest BCUT2D eigenvalue weighted by Crippen LogP contribution is 2.24. The normalized spacial score (nSPS) is 11.4. The number of pyridine rings is 1. The van der Waals surface area contributed by atoms with Crippen molar-refractivity contribution in [3.8, 4) is 0 Å². The molecule has 0 radical (unpaired) electrons. The van der Waals surface area contributed by atoms with Crippen molar-refractivity contribution in [1.82, 2.24) is 20.3 Å². The fraction of sp³-hybridized carbons (Fsp3) is 0.0833. The lowest BCUT2D eigenvalue weighted by Gasteiger charge is -1.98. The lowest BCUT2D eigenvalue weighted by Crippen LogP contribution is -2.11. The van der Waals surface area contributed by atoms with Gasteiger partial charge in [0, 0.05) is 10.4 Å². The van der Waals surface area contributed by atoms with Crippen molar-refractivity contribution in [3.63, 3.8) is 0 Å². The molecule has 0 amide bonds. The van der Waals surface area contributed by atoms with Gasteiger partial charge in [0.15, 0.2) is 0 Å². The molecule has 2 heterocycles. The molecular formula is C12H10ClN7. The van der Waals surface area contributed by atoms with Gasteiger partial charge in [-0.3, -0.25) is 4.98 Å². The largest absolute Gasteiger partial charge is 0.367 e. The van der Waals surface area contributed by atoms with Crippen LogP contribution in [-0.4, -0.2) is 21.3 Å². The van der Waals surface area contributed by atoms with E-state index in [4.69, 9.17) is 17.1 Å². The fourth-order valence-electron chi connectivity index (χ4n) is 1.98. The number of benzene rings is 1. The zero-order chi connectivity index (χ0) is 13.9. The van der Waals surface area contributed by atoms with Gasteiger partial charge in [-0.1, -0.05) is 16.8 Å². The van der Waals surface area contributed by atoms with Gasteiger partial charge >= 0.3 is 0 Å². The second kappa shape index (κ2) is 5.22. The van der Waals surface area contributed by atoms with Crippen LogP contribution in [0.25, 0.3) is 21.9 Å². The second-order valence-corrected chi connectivity index (χ2v) is 4.53. The molecule has 8 heteroatoms. The van der Waals surface area contributed by atoms with Crippen LogP contribution in [0.1, 0.15) is 5.82 Å². The van der Waals surface area contributed by atoms with Crippen LogP contribution < -0.4 is 5.32 Å². The minimum atomic E-state index is 0.454. The maximum absolute atomic E-state index is 6.53. The minimum Gasteiger partial charge on any atom is -0.367 e. The Morgan fingerprint density at radius 3 is 3.15 bits per heavy atom. The Bertz CT molecular complexity index is 808. The van der Waals surface area contributed by atoms with E-state index in [2.05, 4.69) is 30.6 Å². The molecule has 0 aliphatic carbocycles. The molecular weight excluding hydrogens is 278 g/mol. The van der Waals surface area contributed by atoms with E-state index in [0.29, 0.717) is 11.6 Å². The Balaban J connectivity index is 2.01. The first kappa shape index (κ1) is 12.5. The van der Waals surface area contributed by atoms with Crippen molar-refractivity contribution in [1.29, 1.82) is 5.53 Å². The summed E-state index contributed by atoms with van der Waals surface area (Å²) in [6.07, 6.45) is 3.06. The molecule has 3 N–H and O–H groups in total. The van der Waals surface area contributed by atoms with Crippen LogP contribution in [0.3, 0.4) is 0 Å². The van der Waals surface area contributed by atoms with Gasteiger partial charge in [-0.05, 0) is 18.2 Å². The molecule has 20 heavy (non-hydrogen) atoms. The molecule has 3 aromatic rings. The highest BCUT2D eigenvalue weighted by Gasteiger charge is 2.07. The van der Waals surface area contributed by atoms with Crippen molar-refractivity contribution in [2.75, 3.05) is 0 Å². The SMILES string of the molecule is N=N/N=C\NCc1nc2cnc3ccc(Cl)cc3c2[nH]1. The smallest absolute Gasteiger partial charge is 0.126 e. The minimum absolute atomic E-state index is 0.454. The van der Waals surface area contributed by atoms with E-state index in [1.807, 2.05) is 18.2 Å². The van der Waals surface area contributed by atoms with E-state index in [9.17, 15) is 0 Å². The van der Waals surface area contributed by atoms with Crippen molar-refractivity contribution in [2.24, 2.45) is 10.3 Å². The van der Waals surface area contributed by atoms with Crippen LogP contribution in [0, 0.1) is 5.53 Å². The highest BCUT2D eigenvalue weighted by atomic mass is 35.5. The summed E-state index contributed by atoms with van der Waals surface area (Å²) in [6, 6.07) is 5.54. The number of halogens is 1. The van der Waals surface area contributed by atoms with E-state index in [1.54, 1.807) is 6.20 Å². The summed E-state index contributed by atoms with van der Waals surface area (Å²) < 4.78 is 0. The van der Waals surface area contributed by atoms with Crippen molar-refractivity contribution in [2.45, 2.75) is 6.54 Å². The van der Waals surface area contributed by atoms with E-state index in [1.165, 1.54) is 6.34 Å². The molecule has 0 saturated heterocycles. The zero-order valence-electron chi connectivity index (χ0n) is 10.3. The molecule has 3 rings (SSSR count). The number of H-pyrrole nitrogens is 1. The number of rotatable bonds is 4. The Morgan fingerprint density at radius 2 is 2.30 bits per heavy atom. The van der Waals surface area contributed by atoms with Crippen LogP contribution in [-0.2, 0) is 6.54 Å². The van der Waals surface area contributed by atoms with Crippen LogP contribution in [0.2, 0.25) is 5.02 Å². The second-order valence-electron chi connectivity index (χ2n) is 4.09. The molecule has 0 unspecified atom stereocenters. The molecule has 0 atom stereocenters. The highest BCUT2D eigenvalue weighted by molar-refractivity contribution is 6.31. The van der Waals surface area contributed by atoms with Gasteiger partial charge in [0.05, 0.1) is 23.8 Å². The quantitative estimate of drug-likeness (QED) is 0.297. The average molecular weight is 288 g/mol. The molecule has 0 spiro atoms. The van der Waals surface area contributed by atoms with Crippen LogP contribution in [0.5, 0.6) is 0 Å². The monoisotopic (exact) mass is 287 g/mol. The number of hydrogen-bond donors (Lipinski definition) is 3. The number of fused-ring (bicyclic) bond motifs is 3. The fourth-order valence-corrected chi connectivity index (χ4v) is 2.16. The average Bonchev–Trinajstić information content (AvgIpc) is 2.87. The Morgan fingerprint density at radius 1 is 1.40 bits per heavy atom. The van der Waals surface area contributed by atoms with Crippen molar-refractivity contribution < 1.29 is 0 Å². The molecule has 0 aliphatic rings. The predicted molar refractivity (Wildman–Crippen MR) is 76.9 cm³/mol. The van der Waals surface area contributed by atoms with Gasteiger partial charge in [-0.15, -0.1) is 5.10 Å². The molecule has 0 aliphatic heterocycles. The number of nitrogens with one attached hydrogen (secondary N) is 3. The van der Waals surface area contributed by atoms with Crippen LogP contribution >= 0.6 is 11.6 Å². The van der Waals surface area contributed by atoms with Crippen molar-refractivity contribution >= 4 is 39.9 Å². The van der Waals surface area contributed by atoms with Gasteiger partial charge in [-0.25, -0.2) is 4.98 Å². The van der Waals surface area contributed by atoms with Crippen molar-refractivity contribution in [3.05, 3.63) is 35.2 Å². The Kier molecular flexibility index (Phi) is 3.26. The Hall–Kier alpha value is -2.54. The molecule has 1 aromatic carbocycles. The van der Waals surface area contributed by atoms with E-state index in [0.717, 1.165) is 27.8 Å². The summed E-state index contributed by atoms with van der Waals surface area (Å²) in [5.41, 5.74) is 9.06. The summed E-state index contributed by atoms with van der Waals surface area (Å²) in [7, 11) is 0. The molecule has 100 valence electrons. The molecule has 7 nitrogen and oxygen atoms in total. The first-order valence-corrected chi connectivity index (χ1v) is 6.20. The van der Waals surface area contributed by atoms with E-state index < -0.39 is 0 Å². The number of aromatic nitrogens is 3. The summed E-state index contributed by atoms with van der Waals surface area (Å²) >= 11 is 6.02. The van der Waals surface area contributed by atoms with E-state index >= 15 is 0 Å². The van der Waals surface area contributed by atoms with Crippen LogP contribution in [0.15, 0.2) is 34.7 Å². The van der Waals surface area contributed by atoms with Crippen LogP contribution in [0.4, 0.5) is 0 Å². The molecule has 0 bridgehead atoms. The van der Waals surface area contributed by atoms with Gasteiger partial charge in [-0.2, -0.15) is 5.53 Å². The third-order valence-electron chi connectivity index (χ3n) is 2.81. The van der Waals surface area contributed by atoms with E-state index in [-0.39, 0.29) is 0 Å². The summed E-state index contributed by atoms with van der Waals surface area (Å²) in [5.74, 6) is 0.741. The zero-order valence-corrected chi connectivity index (χ0v) is 11.0. The molecule has 2 aromatic heterocycles. The van der Waals surface area contributed by atoms with Gasteiger partial charge in [0.1, 0.15) is 17.7 Å². The first-order chi connectivity index (χ1) is 9.78. The third-order valence-corrected chi connectivity index (χ3v) is 3.05. The maximum atomic E-state index is 6.53. The summed E-state index contributed by atoms with van der Waals surface area (Å²) in [4.78, 5) is 12.0. The van der Waals surface area contributed by atoms with Gasteiger partial charge in [0.2, 0.25) is 0 Å².